The zero-order chi connectivity index (χ0) is 19.0. The Labute approximate surface area is 162 Å². The van der Waals surface area contributed by atoms with E-state index in [1.165, 1.54) is 22.5 Å². The SMILES string of the molecule is CCc1ccc(NC(=O)c2cc3c(C)nn(-c4ccc(C)cc4)c3s2)cc1. The van der Waals surface area contributed by atoms with Crippen molar-refractivity contribution in [2.75, 3.05) is 5.32 Å². The van der Waals surface area contributed by atoms with Crippen LogP contribution in [0.2, 0.25) is 0 Å². The molecule has 2 heterocycles. The number of aromatic nitrogens is 2. The molecule has 0 unspecified atom stereocenters. The van der Waals surface area contributed by atoms with Crippen molar-refractivity contribution in [3.05, 3.63) is 76.3 Å². The Hall–Kier alpha value is -2.92. The van der Waals surface area contributed by atoms with Crippen LogP contribution in [0, 0.1) is 13.8 Å². The minimum atomic E-state index is -0.0877. The first-order chi connectivity index (χ1) is 13.0. The average molecular weight is 375 g/mol. The maximum Gasteiger partial charge on any atom is 0.265 e. The maximum absolute atomic E-state index is 12.7. The maximum atomic E-state index is 12.7. The van der Waals surface area contributed by atoms with Gasteiger partial charge in [-0.2, -0.15) is 5.10 Å². The minimum Gasteiger partial charge on any atom is -0.321 e. The number of hydrogen-bond acceptors (Lipinski definition) is 3. The van der Waals surface area contributed by atoms with Crippen LogP contribution >= 0.6 is 11.3 Å². The fourth-order valence-corrected chi connectivity index (χ4v) is 4.11. The summed E-state index contributed by atoms with van der Waals surface area (Å²) in [5, 5.41) is 8.66. The van der Waals surface area contributed by atoms with Crippen LogP contribution in [0.1, 0.15) is 33.4 Å². The van der Waals surface area contributed by atoms with Gasteiger partial charge in [-0.1, -0.05) is 36.8 Å². The molecule has 2 aromatic heterocycles. The zero-order valence-electron chi connectivity index (χ0n) is 15.6. The Kier molecular flexibility index (Phi) is 4.54. The van der Waals surface area contributed by atoms with Gasteiger partial charge in [0, 0.05) is 11.1 Å². The van der Waals surface area contributed by atoms with Gasteiger partial charge in [0.2, 0.25) is 0 Å². The second-order valence-electron chi connectivity index (χ2n) is 6.67. The number of hydrogen-bond donors (Lipinski definition) is 1. The predicted octanol–water partition coefficient (Wildman–Crippen LogP) is 5.52. The summed E-state index contributed by atoms with van der Waals surface area (Å²) in [6.45, 7) is 6.16. The van der Waals surface area contributed by atoms with Crippen molar-refractivity contribution in [1.29, 1.82) is 0 Å². The molecule has 5 heteroatoms. The number of benzene rings is 2. The number of nitrogens with one attached hydrogen (secondary N) is 1. The first kappa shape index (κ1) is 17.5. The third kappa shape index (κ3) is 3.38. The molecule has 0 aliphatic rings. The molecule has 4 nitrogen and oxygen atoms in total. The predicted molar refractivity (Wildman–Crippen MR) is 112 cm³/mol. The highest BCUT2D eigenvalue weighted by Crippen LogP contribution is 2.31. The smallest absolute Gasteiger partial charge is 0.265 e. The van der Waals surface area contributed by atoms with Crippen LogP contribution < -0.4 is 5.32 Å². The number of aryl methyl sites for hydroxylation is 3. The molecule has 0 aliphatic heterocycles. The lowest BCUT2D eigenvalue weighted by atomic mass is 10.1. The summed E-state index contributed by atoms with van der Waals surface area (Å²) in [5.41, 5.74) is 5.20. The highest BCUT2D eigenvalue weighted by molar-refractivity contribution is 7.20. The van der Waals surface area contributed by atoms with Crippen molar-refractivity contribution >= 4 is 33.1 Å². The van der Waals surface area contributed by atoms with E-state index in [0.29, 0.717) is 4.88 Å². The van der Waals surface area contributed by atoms with E-state index in [1.54, 1.807) is 0 Å². The van der Waals surface area contributed by atoms with Gasteiger partial charge in [0.15, 0.2) is 0 Å². The highest BCUT2D eigenvalue weighted by Gasteiger charge is 2.17. The van der Waals surface area contributed by atoms with Crippen molar-refractivity contribution in [2.45, 2.75) is 27.2 Å². The summed E-state index contributed by atoms with van der Waals surface area (Å²) in [6.07, 6.45) is 0.985. The second kappa shape index (κ2) is 7.00. The van der Waals surface area contributed by atoms with Gasteiger partial charge in [-0.05, 0) is 56.2 Å². The van der Waals surface area contributed by atoms with E-state index in [-0.39, 0.29) is 5.91 Å². The summed E-state index contributed by atoms with van der Waals surface area (Å²) in [4.78, 5) is 14.4. The number of carbonyl (C=O) groups excluding carboxylic acids is 1. The minimum absolute atomic E-state index is 0.0877. The van der Waals surface area contributed by atoms with Crippen molar-refractivity contribution in [3.8, 4) is 5.69 Å². The fourth-order valence-electron chi connectivity index (χ4n) is 3.04. The normalized spacial score (nSPS) is 11.1. The first-order valence-corrected chi connectivity index (χ1v) is 9.83. The highest BCUT2D eigenvalue weighted by atomic mass is 32.1. The molecule has 2 aromatic carbocycles. The molecule has 0 spiro atoms. The van der Waals surface area contributed by atoms with Gasteiger partial charge in [0.1, 0.15) is 4.83 Å². The summed E-state index contributed by atoms with van der Waals surface area (Å²) >= 11 is 1.47. The largest absolute Gasteiger partial charge is 0.321 e. The Bertz CT molecular complexity index is 1110. The van der Waals surface area contributed by atoms with Crippen LogP contribution in [-0.4, -0.2) is 15.7 Å². The molecular weight excluding hydrogens is 354 g/mol. The van der Waals surface area contributed by atoms with Gasteiger partial charge < -0.3 is 5.32 Å². The monoisotopic (exact) mass is 375 g/mol. The lowest BCUT2D eigenvalue weighted by Gasteiger charge is -2.05. The summed E-state index contributed by atoms with van der Waals surface area (Å²) in [7, 11) is 0. The summed E-state index contributed by atoms with van der Waals surface area (Å²) < 4.78 is 1.92. The average Bonchev–Trinajstić information content (AvgIpc) is 3.24. The molecule has 27 heavy (non-hydrogen) atoms. The van der Waals surface area contributed by atoms with Gasteiger partial charge >= 0.3 is 0 Å². The Balaban J connectivity index is 1.65. The lowest BCUT2D eigenvalue weighted by Crippen LogP contribution is -2.10. The van der Waals surface area contributed by atoms with Gasteiger partial charge in [0.25, 0.3) is 5.91 Å². The number of amides is 1. The van der Waals surface area contributed by atoms with E-state index in [0.717, 1.165) is 33.7 Å². The summed E-state index contributed by atoms with van der Waals surface area (Å²) in [6, 6.07) is 18.2. The molecule has 136 valence electrons. The number of thiophene rings is 1. The van der Waals surface area contributed by atoms with E-state index < -0.39 is 0 Å². The van der Waals surface area contributed by atoms with Crippen LogP contribution in [-0.2, 0) is 6.42 Å². The van der Waals surface area contributed by atoms with Gasteiger partial charge in [-0.25, -0.2) is 4.68 Å². The van der Waals surface area contributed by atoms with Crippen LogP contribution in [0.25, 0.3) is 15.9 Å². The molecule has 0 saturated heterocycles. The molecule has 0 fully saturated rings. The zero-order valence-corrected chi connectivity index (χ0v) is 16.4. The number of carbonyl (C=O) groups is 1. The lowest BCUT2D eigenvalue weighted by molar-refractivity contribution is 0.103. The Morgan fingerprint density at radius 2 is 1.78 bits per heavy atom. The summed E-state index contributed by atoms with van der Waals surface area (Å²) in [5.74, 6) is -0.0877. The van der Waals surface area contributed by atoms with Gasteiger partial charge in [-0.3, -0.25) is 4.79 Å². The number of nitrogens with zero attached hydrogens (tertiary/aromatic N) is 2. The van der Waals surface area contributed by atoms with Crippen LogP contribution in [0.5, 0.6) is 0 Å². The molecule has 4 aromatic rings. The van der Waals surface area contributed by atoms with Crippen molar-refractivity contribution in [3.63, 3.8) is 0 Å². The van der Waals surface area contributed by atoms with E-state index in [2.05, 4.69) is 48.5 Å². The van der Waals surface area contributed by atoms with E-state index >= 15 is 0 Å². The van der Waals surface area contributed by atoms with Crippen molar-refractivity contribution < 1.29 is 4.79 Å². The molecule has 0 atom stereocenters. The molecule has 0 radical (unpaired) electrons. The molecule has 1 amide bonds. The van der Waals surface area contributed by atoms with Crippen molar-refractivity contribution in [2.24, 2.45) is 0 Å². The van der Waals surface area contributed by atoms with Crippen molar-refractivity contribution in [1.82, 2.24) is 9.78 Å². The van der Waals surface area contributed by atoms with Crippen LogP contribution in [0.3, 0.4) is 0 Å². The molecule has 0 bridgehead atoms. The Morgan fingerprint density at radius 1 is 1.07 bits per heavy atom. The first-order valence-electron chi connectivity index (χ1n) is 9.01. The molecule has 1 N–H and O–H groups in total. The second-order valence-corrected chi connectivity index (χ2v) is 7.70. The van der Waals surface area contributed by atoms with Crippen LogP contribution in [0.15, 0.2) is 54.6 Å². The molecular formula is C22H21N3OS. The van der Waals surface area contributed by atoms with E-state index in [9.17, 15) is 4.79 Å². The number of fused-ring (bicyclic) bond motifs is 1. The molecule has 0 aliphatic carbocycles. The number of rotatable bonds is 4. The molecule has 0 saturated carbocycles. The van der Waals surface area contributed by atoms with Gasteiger partial charge in [0.05, 0.1) is 16.3 Å². The fraction of sp³-hybridized carbons (Fsp3) is 0.182. The topological polar surface area (TPSA) is 46.9 Å². The standard InChI is InChI=1S/C22H21N3OS/c1-4-16-7-9-17(10-8-16)23-21(26)20-13-19-15(3)24-25(22(19)27-20)18-11-5-14(2)6-12-18/h5-13H,4H2,1-3H3,(H,23,26). The van der Waals surface area contributed by atoms with Gasteiger partial charge in [-0.15, -0.1) is 11.3 Å². The Morgan fingerprint density at radius 3 is 2.44 bits per heavy atom. The number of anilines is 1. The van der Waals surface area contributed by atoms with E-state index in [1.807, 2.05) is 41.9 Å². The van der Waals surface area contributed by atoms with Crippen LogP contribution in [0.4, 0.5) is 5.69 Å². The third-order valence-electron chi connectivity index (χ3n) is 4.67. The van der Waals surface area contributed by atoms with E-state index in [4.69, 9.17) is 0 Å². The third-order valence-corrected chi connectivity index (χ3v) is 5.78. The molecule has 4 rings (SSSR count). The quantitative estimate of drug-likeness (QED) is 0.510.